The number of rotatable bonds is 4. The molecule has 0 saturated carbocycles. The van der Waals surface area contributed by atoms with Crippen LogP contribution in [0.1, 0.15) is 0 Å². The first-order valence-electron chi connectivity index (χ1n) is 7.16. The number of hydrogen-bond acceptors (Lipinski definition) is 6. The molecule has 2 aromatic heterocycles. The van der Waals surface area contributed by atoms with Crippen molar-refractivity contribution in [3.8, 4) is 22.9 Å². The molecule has 0 radical (unpaired) electrons. The van der Waals surface area contributed by atoms with E-state index < -0.39 is 0 Å². The van der Waals surface area contributed by atoms with E-state index >= 15 is 0 Å². The second kappa shape index (κ2) is 6.17. The third-order valence-electron chi connectivity index (χ3n) is 3.31. The SMILES string of the molecule is Clc1ccc(-c2cc(-c3nnc(Nc4ccccc4)o3)no2)cc1. The summed E-state index contributed by atoms with van der Waals surface area (Å²) in [6.07, 6.45) is 0. The van der Waals surface area contributed by atoms with Gasteiger partial charge in [-0.3, -0.25) is 0 Å². The van der Waals surface area contributed by atoms with E-state index in [1.54, 1.807) is 18.2 Å². The van der Waals surface area contributed by atoms with Crippen LogP contribution in [0.5, 0.6) is 0 Å². The summed E-state index contributed by atoms with van der Waals surface area (Å²) in [6, 6.07) is 18.9. The largest absolute Gasteiger partial charge is 0.401 e. The number of hydrogen-bond donors (Lipinski definition) is 1. The van der Waals surface area contributed by atoms with Gasteiger partial charge >= 0.3 is 6.01 Å². The smallest absolute Gasteiger partial charge is 0.320 e. The molecule has 2 aromatic carbocycles. The topological polar surface area (TPSA) is 77.0 Å². The molecular weight excluding hydrogens is 328 g/mol. The Morgan fingerprint density at radius 3 is 2.50 bits per heavy atom. The van der Waals surface area contributed by atoms with Crippen LogP contribution in [0, 0.1) is 0 Å². The van der Waals surface area contributed by atoms with Gasteiger partial charge in [0.2, 0.25) is 0 Å². The van der Waals surface area contributed by atoms with Gasteiger partial charge in [0.1, 0.15) is 0 Å². The van der Waals surface area contributed by atoms with Crippen LogP contribution in [0.3, 0.4) is 0 Å². The second-order valence-corrected chi connectivity index (χ2v) is 5.42. The lowest BCUT2D eigenvalue weighted by molar-refractivity contribution is 0.431. The average molecular weight is 339 g/mol. The third-order valence-corrected chi connectivity index (χ3v) is 3.56. The molecule has 0 spiro atoms. The van der Waals surface area contributed by atoms with Crippen LogP contribution in [0.15, 0.2) is 69.6 Å². The molecule has 4 aromatic rings. The number of anilines is 2. The normalized spacial score (nSPS) is 10.7. The standard InChI is InChI=1S/C17H11ClN4O2/c18-12-8-6-11(7-9-12)15-10-14(22-24-15)16-20-21-17(23-16)19-13-4-2-1-3-5-13/h1-10H,(H,19,21). The molecule has 4 rings (SSSR count). The molecule has 0 fully saturated rings. The summed E-state index contributed by atoms with van der Waals surface area (Å²) in [4.78, 5) is 0. The highest BCUT2D eigenvalue weighted by molar-refractivity contribution is 6.30. The zero-order valence-electron chi connectivity index (χ0n) is 12.3. The minimum atomic E-state index is 0.275. The highest BCUT2D eigenvalue weighted by Crippen LogP contribution is 2.27. The van der Waals surface area contributed by atoms with E-state index in [4.69, 9.17) is 20.5 Å². The van der Waals surface area contributed by atoms with Gasteiger partial charge in [0.25, 0.3) is 5.89 Å². The van der Waals surface area contributed by atoms with Crippen molar-refractivity contribution in [3.63, 3.8) is 0 Å². The Kier molecular flexibility index (Phi) is 3.72. The minimum absolute atomic E-state index is 0.275. The molecule has 0 saturated heterocycles. The van der Waals surface area contributed by atoms with Gasteiger partial charge in [-0.05, 0) is 36.4 Å². The van der Waals surface area contributed by atoms with Crippen LogP contribution in [0.2, 0.25) is 5.02 Å². The van der Waals surface area contributed by atoms with Crippen LogP contribution < -0.4 is 5.32 Å². The van der Waals surface area contributed by atoms with Crippen molar-refractivity contribution in [1.82, 2.24) is 15.4 Å². The fourth-order valence-corrected chi connectivity index (χ4v) is 2.27. The van der Waals surface area contributed by atoms with E-state index in [2.05, 4.69) is 20.7 Å². The Hall–Kier alpha value is -3.12. The number of benzene rings is 2. The average Bonchev–Trinajstić information content (AvgIpc) is 3.26. The fourth-order valence-electron chi connectivity index (χ4n) is 2.15. The monoisotopic (exact) mass is 338 g/mol. The first-order valence-corrected chi connectivity index (χ1v) is 7.54. The summed E-state index contributed by atoms with van der Waals surface area (Å²) in [5.41, 5.74) is 2.18. The number of aromatic nitrogens is 3. The molecule has 7 heteroatoms. The lowest BCUT2D eigenvalue weighted by Gasteiger charge is -1.98. The van der Waals surface area contributed by atoms with Crippen molar-refractivity contribution in [2.75, 3.05) is 5.32 Å². The molecule has 0 amide bonds. The zero-order valence-corrected chi connectivity index (χ0v) is 13.1. The highest BCUT2D eigenvalue weighted by Gasteiger charge is 2.15. The van der Waals surface area contributed by atoms with Gasteiger partial charge in [-0.25, -0.2) is 0 Å². The molecule has 0 aliphatic heterocycles. The number of para-hydroxylation sites is 1. The van der Waals surface area contributed by atoms with Crippen molar-refractivity contribution in [3.05, 3.63) is 65.7 Å². The predicted octanol–water partition coefficient (Wildman–Crippen LogP) is 4.79. The van der Waals surface area contributed by atoms with E-state index in [1.807, 2.05) is 42.5 Å². The van der Waals surface area contributed by atoms with Crippen LogP contribution in [-0.4, -0.2) is 15.4 Å². The molecular formula is C17H11ClN4O2. The van der Waals surface area contributed by atoms with Crippen molar-refractivity contribution in [2.45, 2.75) is 0 Å². The molecule has 0 aliphatic carbocycles. The summed E-state index contributed by atoms with van der Waals surface area (Å²) < 4.78 is 10.9. The van der Waals surface area contributed by atoms with E-state index in [0.717, 1.165) is 11.3 Å². The maximum Gasteiger partial charge on any atom is 0.320 e. The maximum atomic E-state index is 5.88. The summed E-state index contributed by atoms with van der Waals surface area (Å²) in [7, 11) is 0. The van der Waals surface area contributed by atoms with Gasteiger partial charge in [0.15, 0.2) is 11.5 Å². The Balaban J connectivity index is 1.56. The fraction of sp³-hybridized carbons (Fsp3) is 0. The van der Waals surface area contributed by atoms with Crippen LogP contribution in [0.4, 0.5) is 11.7 Å². The van der Waals surface area contributed by atoms with Crippen molar-refractivity contribution in [2.24, 2.45) is 0 Å². The molecule has 0 unspecified atom stereocenters. The quantitative estimate of drug-likeness (QED) is 0.576. The zero-order chi connectivity index (χ0) is 16.4. The Morgan fingerprint density at radius 1 is 0.917 bits per heavy atom. The Morgan fingerprint density at radius 2 is 1.71 bits per heavy atom. The molecule has 0 atom stereocenters. The first-order chi connectivity index (χ1) is 11.8. The molecule has 24 heavy (non-hydrogen) atoms. The van der Waals surface area contributed by atoms with Crippen LogP contribution in [0.25, 0.3) is 22.9 Å². The van der Waals surface area contributed by atoms with Crippen LogP contribution in [-0.2, 0) is 0 Å². The summed E-state index contributed by atoms with van der Waals surface area (Å²) in [6.45, 7) is 0. The molecule has 1 N–H and O–H groups in total. The van der Waals surface area contributed by atoms with Gasteiger partial charge in [0, 0.05) is 22.3 Å². The lowest BCUT2D eigenvalue weighted by Crippen LogP contribution is -1.88. The van der Waals surface area contributed by atoms with Crippen molar-refractivity contribution in [1.29, 1.82) is 0 Å². The number of halogens is 1. The maximum absolute atomic E-state index is 5.88. The summed E-state index contributed by atoms with van der Waals surface area (Å²) in [5.74, 6) is 0.870. The van der Waals surface area contributed by atoms with Crippen molar-refractivity contribution >= 4 is 23.3 Å². The molecule has 0 aliphatic rings. The number of nitrogens with zero attached hydrogens (tertiary/aromatic N) is 3. The molecule has 2 heterocycles. The first kappa shape index (κ1) is 14.5. The lowest BCUT2D eigenvalue weighted by atomic mass is 10.1. The van der Waals surface area contributed by atoms with Crippen molar-refractivity contribution < 1.29 is 8.94 Å². The van der Waals surface area contributed by atoms with E-state index in [1.165, 1.54) is 0 Å². The van der Waals surface area contributed by atoms with Gasteiger partial charge in [0.05, 0.1) is 0 Å². The second-order valence-electron chi connectivity index (χ2n) is 4.99. The van der Waals surface area contributed by atoms with Gasteiger partial charge in [-0.1, -0.05) is 40.1 Å². The molecule has 6 nitrogen and oxygen atoms in total. The minimum Gasteiger partial charge on any atom is -0.401 e. The third kappa shape index (κ3) is 3.00. The number of nitrogens with one attached hydrogen (secondary N) is 1. The van der Waals surface area contributed by atoms with Gasteiger partial charge in [-0.2, -0.15) is 0 Å². The van der Waals surface area contributed by atoms with Gasteiger partial charge in [-0.15, -0.1) is 5.10 Å². The van der Waals surface area contributed by atoms with Gasteiger partial charge < -0.3 is 14.3 Å². The van der Waals surface area contributed by atoms with Crippen LogP contribution >= 0.6 is 11.6 Å². The van der Waals surface area contributed by atoms with E-state index in [9.17, 15) is 0 Å². The Bertz CT molecular complexity index is 948. The summed E-state index contributed by atoms with van der Waals surface area (Å²) >= 11 is 5.88. The molecule has 0 bridgehead atoms. The Labute approximate surface area is 142 Å². The predicted molar refractivity (Wildman–Crippen MR) is 90.0 cm³/mol. The highest BCUT2D eigenvalue weighted by atomic mass is 35.5. The molecule has 118 valence electrons. The van der Waals surface area contributed by atoms with E-state index in [-0.39, 0.29) is 11.9 Å². The van der Waals surface area contributed by atoms with E-state index in [0.29, 0.717) is 16.5 Å². The summed E-state index contributed by atoms with van der Waals surface area (Å²) in [5, 5.41) is 15.6.